The summed E-state index contributed by atoms with van der Waals surface area (Å²) < 4.78 is 8.21. The lowest BCUT2D eigenvalue weighted by atomic mass is 10.0. The second-order valence-electron chi connectivity index (χ2n) is 6.30. The highest BCUT2D eigenvalue weighted by molar-refractivity contribution is 9.10. The minimum Gasteiger partial charge on any atom is -0.483 e. The van der Waals surface area contributed by atoms with Gasteiger partial charge in [-0.25, -0.2) is 4.68 Å². The van der Waals surface area contributed by atoms with Crippen molar-refractivity contribution in [2.75, 3.05) is 17.2 Å². The maximum atomic E-state index is 12.3. The third-order valence-corrected chi connectivity index (χ3v) is 5.16. The molecule has 2 N–H and O–H groups in total. The Balaban J connectivity index is 1.55. The summed E-state index contributed by atoms with van der Waals surface area (Å²) in [6, 6.07) is 11.9. The SMILES string of the molecule is O=C(COc1ccc(Br)cc1[C@@H]1CC(=O)Nc2ncnn21)Nc1ccccc1Cl. The summed E-state index contributed by atoms with van der Waals surface area (Å²) in [5.41, 5.74) is 1.22. The molecular weight excluding hydrogens is 462 g/mol. The molecule has 0 bridgehead atoms. The highest BCUT2D eigenvalue weighted by Gasteiger charge is 2.30. The molecule has 0 saturated carbocycles. The Hall–Kier alpha value is -2.91. The van der Waals surface area contributed by atoms with E-state index in [2.05, 4.69) is 36.6 Å². The number of para-hydroxylation sites is 1. The van der Waals surface area contributed by atoms with Crippen LogP contribution in [0.3, 0.4) is 0 Å². The number of nitrogens with one attached hydrogen (secondary N) is 2. The van der Waals surface area contributed by atoms with Crippen LogP contribution < -0.4 is 15.4 Å². The molecule has 0 aliphatic carbocycles. The van der Waals surface area contributed by atoms with Gasteiger partial charge in [-0.2, -0.15) is 10.1 Å². The number of hydrogen-bond acceptors (Lipinski definition) is 5. The molecule has 0 unspecified atom stereocenters. The molecule has 8 nitrogen and oxygen atoms in total. The lowest BCUT2D eigenvalue weighted by Gasteiger charge is -2.25. The molecule has 2 heterocycles. The number of benzene rings is 2. The Morgan fingerprint density at radius 1 is 1.34 bits per heavy atom. The van der Waals surface area contributed by atoms with E-state index < -0.39 is 6.04 Å². The second kappa shape index (κ2) is 8.22. The number of rotatable bonds is 5. The quantitative estimate of drug-likeness (QED) is 0.586. The molecular formula is C19H15BrClN5O3. The lowest BCUT2D eigenvalue weighted by Crippen LogP contribution is -2.30. The summed E-state index contributed by atoms with van der Waals surface area (Å²) in [6.45, 7) is -0.219. The van der Waals surface area contributed by atoms with Gasteiger partial charge in [-0.15, -0.1) is 0 Å². The van der Waals surface area contributed by atoms with Crippen LogP contribution in [-0.2, 0) is 9.59 Å². The molecule has 0 saturated heterocycles. The Bertz CT molecular complexity index is 1090. The topological polar surface area (TPSA) is 98.1 Å². The van der Waals surface area contributed by atoms with Crippen LogP contribution in [0.2, 0.25) is 5.02 Å². The van der Waals surface area contributed by atoms with Crippen LogP contribution in [-0.4, -0.2) is 33.2 Å². The number of fused-ring (bicyclic) bond motifs is 1. The number of nitrogens with zero attached hydrogens (tertiary/aromatic N) is 3. The molecule has 3 aromatic rings. The number of carbonyl (C=O) groups excluding carboxylic acids is 2. The molecule has 29 heavy (non-hydrogen) atoms. The van der Waals surface area contributed by atoms with Crippen molar-refractivity contribution in [3.05, 3.63) is 63.9 Å². The van der Waals surface area contributed by atoms with Crippen LogP contribution >= 0.6 is 27.5 Å². The number of anilines is 2. The third-order valence-electron chi connectivity index (χ3n) is 4.34. The molecule has 10 heteroatoms. The number of ether oxygens (including phenoxy) is 1. The normalized spacial score (nSPS) is 15.4. The van der Waals surface area contributed by atoms with Gasteiger partial charge in [-0.1, -0.05) is 39.7 Å². The van der Waals surface area contributed by atoms with Gasteiger partial charge in [-0.05, 0) is 30.3 Å². The van der Waals surface area contributed by atoms with Gasteiger partial charge in [-0.3, -0.25) is 14.9 Å². The molecule has 4 rings (SSSR count). The van der Waals surface area contributed by atoms with Crippen molar-refractivity contribution in [3.63, 3.8) is 0 Å². The van der Waals surface area contributed by atoms with E-state index in [9.17, 15) is 9.59 Å². The first-order valence-electron chi connectivity index (χ1n) is 8.67. The maximum absolute atomic E-state index is 12.3. The summed E-state index contributed by atoms with van der Waals surface area (Å²) in [4.78, 5) is 28.4. The van der Waals surface area contributed by atoms with E-state index in [0.717, 1.165) is 4.47 Å². The Morgan fingerprint density at radius 2 is 2.17 bits per heavy atom. The molecule has 1 aliphatic rings. The van der Waals surface area contributed by atoms with Crippen LogP contribution in [0.4, 0.5) is 11.6 Å². The van der Waals surface area contributed by atoms with Crippen LogP contribution in [0.5, 0.6) is 5.75 Å². The van der Waals surface area contributed by atoms with Gasteiger partial charge < -0.3 is 10.1 Å². The highest BCUT2D eigenvalue weighted by atomic mass is 79.9. The van der Waals surface area contributed by atoms with E-state index in [1.807, 2.05) is 6.07 Å². The number of aromatic nitrogens is 3. The van der Waals surface area contributed by atoms with Crippen molar-refractivity contribution in [2.24, 2.45) is 0 Å². The predicted molar refractivity (Wildman–Crippen MR) is 111 cm³/mol. The molecule has 0 fully saturated rings. The van der Waals surface area contributed by atoms with Gasteiger partial charge in [0.2, 0.25) is 11.9 Å². The Kier molecular flexibility index (Phi) is 5.50. The van der Waals surface area contributed by atoms with Gasteiger partial charge in [0.05, 0.1) is 23.2 Å². The summed E-state index contributed by atoms with van der Waals surface area (Å²) in [5, 5.41) is 10.0. The first kappa shape index (κ1) is 19.4. The van der Waals surface area contributed by atoms with Crippen molar-refractivity contribution >= 4 is 51.0 Å². The number of halogens is 2. The van der Waals surface area contributed by atoms with Crippen molar-refractivity contribution < 1.29 is 14.3 Å². The van der Waals surface area contributed by atoms with Crippen LogP contribution in [0, 0.1) is 0 Å². The summed E-state index contributed by atoms with van der Waals surface area (Å²) in [6.07, 6.45) is 1.55. The van der Waals surface area contributed by atoms with E-state index in [1.54, 1.807) is 41.1 Å². The lowest BCUT2D eigenvalue weighted by molar-refractivity contribution is -0.118. The summed E-state index contributed by atoms with van der Waals surface area (Å²) in [7, 11) is 0. The summed E-state index contributed by atoms with van der Waals surface area (Å²) >= 11 is 9.51. The molecule has 1 aromatic heterocycles. The predicted octanol–water partition coefficient (Wildman–Crippen LogP) is 3.64. The Morgan fingerprint density at radius 3 is 3.00 bits per heavy atom. The third kappa shape index (κ3) is 4.25. The molecule has 2 aromatic carbocycles. The van der Waals surface area contributed by atoms with Crippen LogP contribution in [0.15, 0.2) is 53.3 Å². The molecule has 1 aliphatic heterocycles. The zero-order valence-corrected chi connectivity index (χ0v) is 17.3. The maximum Gasteiger partial charge on any atom is 0.262 e. The van der Waals surface area contributed by atoms with Crippen molar-refractivity contribution in [1.82, 2.24) is 14.8 Å². The monoisotopic (exact) mass is 475 g/mol. The van der Waals surface area contributed by atoms with Crippen LogP contribution in [0.1, 0.15) is 18.0 Å². The molecule has 0 spiro atoms. The number of hydrogen-bond donors (Lipinski definition) is 2. The van der Waals surface area contributed by atoms with E-state index in [-0.39, 0.29) is 24.8 Å². The van der Waals surface area contributed by atoms with Crippen molar-refractivity contribution in [3.8, 4) is 5.75 Å². The summed E-state index contributed by atoms with van der Waals surface area (Å²) in [5.74, 6) is 0.324. The molecule has 2 amide bonds. The zero-order valence-electron chi connectivity index (χ0n) is 14.9. The van der Waals surface area contributed by atoms with Gasteiger partial charge in [0.15, 0.2) is 6.61 Å². The minimum absolute atomic E-state index is 0.169. The van der Waals surface area contributed by atoms with E-state index in [0.29, 0.717) is 28.0 Å². The van der Waals surface area contributed by atoms with Gasteiger partial charge in [0.25, 0.3) is 5.91 Å². The zero-order chi connectivity index (χ0) is 20.4. The average molecular weight is 477 g/mol. The van der Waals surface area contributed by atoms with Gasteiger partial charge in [0, 0.05) is 10.0 Å². The van der Waals surface area contributed by atoms with Crippen molar-refractivity contribution in [1.29, 1.82) is 0 Å². The molecule has 0 radical (unpaired) electrons. The van der Waals surface area contributed by atoms with E-state index in [4.69, 9.17) is 16.3 Å². The van der Waals surface area contributed by atoms with E-state index >= 15 is 0 Å². The fourth-order valence-corrected chi connectivity index (χ4v) is 3.61. The number of carbonyl (C=O) groups is 2. The second-order valence-corrected chi connectivity index (χ2v) is 7.62. The average Bonchev–Trinajstić information content (AvgIpc) is 3.16. The number of amides is 2. The van der Waals surface area contributed by atoms with E-state index in [1.165, 1.54) is 6.33 Å². The smallest absolute Gasteiger partial charge is 0.262 e. The largest absolute Gasteiger partial charge is 0.483 e. The molecule has 1 atom stereocenters. The fourth-order valence-electron chi connectivity index (χ4n) is 3.05. The fraction of sp³-hybridized carbons (Fsp3) is 0.158. The minimum atomic E-state index is -0.402. The first-order valence-corrected chi connectivity index (χ1v) is 9.84. The van der Waals surface area contributed by atoms with Gasteiger partial charge in [0.1, 0.15) is 12.1 Å². The standard InChI is InChI=1S/C19H15BrClN5O3/c20-11-5-6-16(29-9-18(28)24-14-4-2-1-3-13(14)21)12(7-11)15-8-17(27)25-19-22-10-23-26(15)19/h1-7,10,15H,8-9H2,(H,24,28)(H,22,23,25,27)/t15-/m0/s1. The Labute approximate surface area is 179 Å². The van der Waals surface area contributed by atoms with Crippen LogP contribution in [0.25, 0.3) is 0 Å². The highest BCUT2D eigenvalue weighted by Crippen LogP contribution is 2.36. The first-order chi connectivity index (χ1) is 14.0. The molecule has 148 valence electrons. The van der Waals surface area contributed by atoms with Crippen molar-refractivity contribution in [2.45, 2.75) is 12.5 Å². The van der Waals surface area contributed by atoms with Gasteiger partial charge >= 0.3 is 0 Å².